The number of benzene rings is 2. The van der Waals surface area contributed by atoms with Crippen molar-refractivity contribution < 1.29 is 14.3 Å². The Hall–Kier alpha value is -2.59. The largest absolute Gasteiger partial charge is 0.507 e. The third kappa shape index (κ3) is 2.69. The molecule has 0 bridgehead atoms. The predicted octanol–water partition coefficient (Wildman–Crippen LogP) is 3.96. The summed E-state index contributed by atoms with van der Waals surface area (Å²) < 4.78 is 5.31. The van der Waals surface area contributed by atoms with Crippen LogP contribution in [-0.4, -0.2) is 10.9 Å². The van der Waals surface area contributed by atoms with Crippen molar-refractivity contribution in [3.05, 3.63) is 76.1 Å². The van der Waals surface area contributed by atoms with Crippen LogP contribution in [0.2, 0.25) is 0 Å². The number of carbonyl (C=O) groups excluding carboxylic acids is 1. The molecule has 0 saturated carbocycles. The first kappa shape index (κ1) is 16.3. The third-order valence-corrected chi connectivity index (χ3v) is 4.45. The molecule has 0 saturated heterocycles. The Labute approximate surface area is 143 Å². The number of halogens is 1. The number of aromatic hydroxyl groups is 1. The van der Waals surface area contributed by atoms with E-state index in [1.807, 2.05) is 0 Å². The molecular formula is C19H15ClO4. The van der Waals surface area contributed by atoms with Crippen molar-refractivity contribution in [2.45, 2.75) is 18.2 Å². The standard InChI is InChI=1S/C19H15ClO4/c1-12(21)11-19(20,13-7-3-2-4-8-13)16-17(22)14-9-5-6-10-15(14)24-18(16)23/h2-10,22H,11H2,1H3. The zero-order valence-corrected chi connectivity index (χ0v) is 13.7. The summed E-state index contributed by atoms with van der Waals surface area (Å²) >= 11 is 6.76. The Morgan fingerprint density at radius 1 is 1.12 bits per heavy atom. The van der Waals surface area contributed by atoms with Crippen molar-refractivity contribution >= 4 is 28.4 Å². The molecule has 0 aliphatic carbocycles. The maximum Gasteiger partial charge on any atom is 0.345 e. The Balaban J connectivity index is 2.36. The van der Waals surface area contributed by atoms with Crippen molar-refractivity contribution in [3.63, 3.8) is 0 Å². The van der Waals surface area contributed by atoms with E-state index in [9.17, 15) is 14.7 Å². The summed E-state index contributed by atoms with van der Waals surface area (Å²) in [5.74, 6) is -0.470. The van der Waals surface area contributed by atoms with Crippen LogP contribution < -0.4 is 5.63 Å². The van der Waals surface area contributed by atoms with Crippen LogP contribution in [0.4, 0.5) is 0 Å². The summed E-state index contributed by atoms with van der Waals surface area (Å²) in [5.41, 5.74) is -0.0750. The molecule has 24 heavy (non-hydrogen) atoms. The van der Waals surface area contributed by atoms with E-state index in [2.05, 4.69) is 0 Å². The van der Waals surface area contributed by atoms with Gasteiger partial charge in [0.1, 0.15) is 27.6 Å². The second kappa shape index (κ2) is 6.13. The molecule has 3 rings (SSSR count). The highest BCUT2D eigenvalue weighted by molar-refractivity contribution is 6.27. The molecule has 122 valence electrons. The molecule has 0 radical (unpaired) electrons. The topological polar surface area (TPSA) is 67.5 Å². The van der Waals surface area contributed by atoms with Gasteiger partial charge in [-0.05, 0) is 24.6 Å². The highest BCUT2D eigenvalue weighted by Crippen LogP contribution is 2.44. The van der Waals surface area contributed by atoms with Gasteiger partial charge in [-0.1, -0.05) is 42.5 Å². The number of para-hydroxylation sites is 1. The van der Waals surface area contributed by atoms with Crippen LogP contribution in [0, 0.1) is 0 Å². The van der Waals surface area contributed by atoms with Crippen molar-refractivity contribution in [1.29, 1.82) is 0 Å². The van der Waals surface area contributed by atoms with Crippen LogP contribution >= 0.6 is 11.6 Å². The third-order valence-electron chi connectivity index (χ3n) is 3.91. The molecule has 0 spiro atoms. The van der Waals surface area contributed by atoms with Gasteiger partial charge in [0, 0.05) is 6.42 Å². The number of Topliss-reactive ketones (excluding diaryl/α,β-unsaturated/α-hetero) is 1. The molecule has 5 heteroatoms. The van der Waals surface area contributed by atoms with Crippen LogP contribution in [-0.2, 0) is 9.67 Å². The van der Waals surface area contributed by atoms with Crippen molar-refractivity contribution in [1.82, 2.24) is 0 Å². The van der Waals surface area contributed by atoms with Gasteiger partial charge in [-0.3, -0.25) is 4.79 Å². The summed E-state index contributed by atoms with van der Waals surface area (Å²) in [4.78, 5) is 22.8. The fourth-order valence-electron chi connectivity index (χ4n) is 2.86. The number of carbonyl (C=O) groups is 1. The zero-order chi connectivity index (χ0) is 17.3. The Morgan fingerprint density at radius 3 is 2.42 bits per heavy atom. The minimum absolute atomic E-state index is 0.121. The molecule has 1 aromatic heterocycles. The van der Waals surface area contributed by atoms with Crippen molar-refractivity contribution in [2.24, 2.45) is 0 Å². The predicted molar refractivity (Wildman–Crippen MR) is 92.5 cm³/mol. The van der Waals surface area contributed by atoms with E-state index in [1.54, 1.807) is 54.6 Å². The smallest absolute Gasteiger partial charge is 0.345 e. The molecule has 3 aromatic rings. The highest BCUT2D eigenvalue weighted by Gasteiger charge is 2.39. The second-order valence-corrected chi connectivity index (χ2v) is 6.30. The number of ketones is 1. The first-order valence-corrected chi connectivity index (χ1v) is 7.80. The number of hydrogen-bond acceptors (Lipinski definition) is 4. The molecule has 2 aromatic carbocycles. The lowest BCUT2D eigenvalue weighted by Crippen LogP contribution is -2.30. The Bertz CT molecular complexity index is 962. The first-order valence-electron chi connectivity index (χ1n) is 7.42. The first-order chi connectivity index (χ1) is 11.4. The molecule has 1 heterocycles. The maximum atomic E-state index is 12.5. The van der Waals surface area contributed by atoms with E-state index in [1.165, 1.54) is 6.92 Å². The van der Waals surface area contributed by atoms with Crippen LogP contribution in [0.15, 0.2) is 63.8 Å². The minimum atomic E-state index is -1.50. The Morgan fingerprint density at radius 2 is 1.75 bits per heavy atom. The maximum absolute atomic E-state index is 12.5. The van der Waals surface area contributed by atoms with Gasteiger partial charge in [0.05, 0.1) is 5.39 Å². The minimum Gasteiger partial charge on any atom is -0.507 e. The monoisotopic (exact) mass is 342 g/mol. The molecule has 1 atom stereocenters. The van der Waals surface area contributed by atoms with Gasteiger partial charge in [-0.2, -0.15) is 0 Å². The van der Waals surface area contributed by atoms with Gasteiger partial charge in [-0.25, -0.2) is 4.79 Å². The molecule has 1 N–H and O–H groups in total. The van der Waals surface area contributed by atoms with Gasteiger partial charge in [-0.15, -0.1) is 11.6 Å². The average molecular weight is 343 g/mol. The highest BCUT2D eigenvalue weighted by atomic mass is 35.5. The molecule has 0 fully saturated rings. The molecule has 0 aliphatic heterocycles. The second-order valence-electron chi connectivity index (χ2n) is 5.66. The summed E-state index contributed by atoms with van der Waals surface area (Å²) in [5, 5.41) is 11.1. The summed E-state index contributed by atoms with van der Waals surface area (Å²) in [7, 11) is 0. The molecule has 0 amide bonds. The van der Waals surface area contributed by atoms with Gasteiger partial charge < -0.3 is 9.52 Å². The number of alkyl halides is 1. The van der Waals surface area contributed by atoms with E-state index in [0.29, 0.717) is 10.9 Å². The number of fused-ring (bicyclic) bond motifs is 1. The van der Waals surface area contributed by atoms with Crippen LogP contribution in [0.3, 0.4) is 0 Å². The van der Waals surface area contributed by atoms with Gasteiger partial charge in [0.15, 0.2) is 0 Å². The quantitative estimate of drug-likeness (QED) is 0.575. The normalized spacial score (nSPS) is 13.6. The molecular weight excluding hydrogens is 328 g/mol. The van der Waals surface area contributed by atoms with Gasteiger partial charge >= 0.3 is 5.63 Å². The fourth-order valence-corrected chi connectivity index (χ4v) is 3.34. The van der Waals surface area contributed by atoms with Gasteiger partial charge in [0.25, 0.3) is 0 Å². The van der Waals surface area contributed by atoms with E-state index in [-0.39, 0.29) is 29.1 Å². The molecule has 4 nitrogen and oxygen atoms in total. The fraction of sp³-hybridized carbons (Fsp3) is 0.158. The average Bonchev–Trinajstić information content (AvgIpc) is 2.55. The molecule has 0 aliphatic rings. The lowest BCUT2D eigenvalue weighted by atomic mass is 9.86. The summed E-state index contributed by atoms with van der Waals surface area (Å²) in [6.07, 6.45) is -0.144. The summed E-state index contributed by atoms with van der Waals surface area (Å²) in [6.45, 7) is 1.39. The van der Waals surface area contributed by atoms with Gasteiger partial charge in [0.2, 0.25) is 0 Å². The van der Waals surface area contributed by atoms with Crippen LogP contribution in [0.5, 0.6) is 5.75 Å². The lowest BCUT2D eigenvalue weighted by molar-refractivity contribution is -0.117. The molecule has 1 unspecified atom stereocenters. The van der Waals surface area contributed by atoms with Crippen LogP contribution in [0.25, 0.3) is 11.0 Å². The Kier molecular flexibility index (Phi) is 4.16. The van der Waals surface area contributed by atoms with E-state index in [4.69, 9.17) is 16.0 Å². The van der Waals surface area contributed by atoms with E-state index >= 15 is 0 Å². The summed E-state index contributed by atoms with van der Waals surface area (Å²) in [6, 6.07) is 15.4. The van der Waals surface area contributed by atoms with E-state index in [0.717, 1.165) is 0 Å². The van der Waals surface area contributed by atoms with E-state index < -0.39 is 10.5 Å². The number of hydrogen-bond donors (Lipinski definition) is 1. The number of rotatable bonds is 4. The van der Waals surface area contributed by atoms with Crippen molar-refractivity contribution in [2.75, 3.05) is 0 Å². The van der Waals surface area contributed by atoms with Crippen molar-refractivity contribution in [3.8, 4) is 5.75 Å². The SMILES string of the molecule is CC(=O)CC(Cl)(c1ccccc1)c1c(O)c2ccccc2oc1=O. The lowest BCUT2D eigenvalue weighted by Gasteiger charge is -2.27. The zero-order valence-electron chi connectivity index (χ0n) is 13.0. The van der Waals surface area contributed by atoms with Crippen LogP contribution in [0.1, 0.15) is 24.5 Å².